The summed E-state index contributed by atoms with van der Waals surface area (Å²) in [5.41, 5.74) is 2.43. The minimum atomic E-state index is 0.0145. The second-order valence-electron chi connectivity index (χ2n) is 7.06. The van der Waals surface area contributed by atoms with Crippen molar-refractivity contribution in [3.8, 4) is 5.88 Å². The van der Waals surface area contributed by atoms with Crippen molar-refractivity contribution >= 4 is 16.8 Å². The van der Waals surface area contributed by atoms with Crippen LogP contribution in [-0.4, -0.2) is 40.5 Å². The summed E-state index contributed by atoms with van der Waals surface area (Å²) in [5, 5.41) is 1.05. The first-order chi connectivity index (χ1) is 13.2. The molecule has 0 atom stereocenters. The standard InChI is InChI=1S/C22H23N3O2/c1-16-5-4-12-23-21(16)27-15-17-10-13-25(14-11-17)22(26)20-9-8-18-6-2-3-7-19(18)24-20/h2-9,12,17H,10-11,13-15H2,1H3. The summed E-state index contributed by atoms with van der Waals surface area (Å²) in [6.07, 6.45) is 3.62. The first-order valence-electron chi connectivity index (χ1n) is 9.40. The Hall–Kier alpha value is -2.95. The highest BCUT2D eigenvalue weighted by molar-refractivity contribution is 5.94. The summed E-state index contributed by atoms with van der Waals surface area (Å²) in [5.74, 6) is 1.16. The lowest BCUT2D eigenvalue weighted by Gasteiger charge is -2.31. The third-order valence-electron chi connectivity index (χ3n) is 5.14. The van der Waals surface area contributed by atoms with E-state index in [0.717, 1.165) is 42.4 Å². The molecule has 0 spiro atoms. The van der Waals surface area contributed by atoms with Crippen molar-refractivity contribution in [1.29, 1.82) is 0 Å². The number of piperidine rings is 1. The number of benzene rings is 1. The number of ether oxygens (including phenoxy) is 1. The van der Waals surface area contributed by atoms with Crippen molar-refractivity contribution in [2.45, 2.75) is 19.8 Å². The number of hydrogen-bond donors (Lipinski definition) is 0. The van der Waals surface area contributed by atoms with Crippen LogP contribution in [0, 0.1) is 12.8 Å². The maximum absolute atomic E-state index is 12.8. The van der Waals surface area contributed by atoms with E-state index < -0.39 is 0 Å². The second-order valence-corrected chi connectivity index (χ2v) is 7.06. The molecule has 1 aliphatic heterocycles. The Bertz CT molecular complexity index is 949. The van der Waals surface area contributed by atoms with E-state index in [2.05, 4.69) is 9.97 Å². The van der Waals surface area contributed by atoms with Crippen molar-refractivity contribution in [3.63, 3.8) is 0 Å². The molecular formula is C22H23N3O2. The number of fused-ring (bicyclic) bond motifs is 1. The largest absolute Gasteiger partial charge is 0.477 e. The van der Waals surface area contributed by atoms with Crippen LogP contribution in [0.5, 0.6) is 5.88 Å². The molecule has 138 valence electrons. The fraction of sp³-hybridized carbons (Fsp3) is 0.318. The number of carbonyl (C=O) groups excluding carboxylic acids is 1. The van der Waals surface area contributed by atoms with Gasteiger partial charge in [0.2, 0.25) is 5.88 Å². The third-order valence-corrected chi connectivity index (χ3v) is 5.14. The Morgan fingerprint density at radius 3 is 2.74 bits per heavy atom. The molecule has 0 saturated carbocycles. The van der Waals surface area contributed by atoms with Crippen LogP contribution < -0.4 is 4.74 Å². The van der Waals surface area contributed by atoms with Crippen LogP contribution >= 0.6 is 0 Å². The Morgan fingerprint density at radius 2 is 1.93 bits per heavy atom. The summed E-state index contributed by atoms with van der Waals surface area (Å²) in [4.78, 5) is 23.5. The van der Waals surface area contributed by atoms with E-state index >= 15 is 0 Å². The maximum atomic E-state index is 12.8. The number of pyridine rings is 2. The van der Waals surface area contributed by atoms with E-state index in [1.54, 1.807) is 6.20 Å². The van der Waals surface area contributed by atoms with Gasteiger partial charge in [0.1, 0.15) is 5.69 Å². The fourth-order valence-corrected chi connectivity index (χ4v) is 3.47. The SMILES string of the molecule is Cc1cccnc1OCC1CCN(C(=O)c2ccc3ccccc3n2)CC1. The van der Waals surface area contributed by atoms with Gasteiger partial charge < -0.3 is 9.64 Å². The van der Waals surface area contributed by atoms with Crippen LogP contribution in [0.15, 0.2) is 54.7 Å². The van der Waals surface area contributed by atoms with E-state index in [1.807, 2.05) is 60.4 Å². The molecule has 0 aliphatic carbocycles. The average molecular weight is 361 g/mol. The zero-order valence-electron chi connectivity index (χ0n) is 15.5. The number of nitrogens with zero attached hydrogens (tertiary/aromatic N) is 3. The predicted molar refractivity (Wildman–Crippen MR) is 105 cm³/mol. The van der Waals surface area contributed by atoms with Gasteiger partial charge in [0.25, 0.3) is 5.91 Å². The zero-order chi connectivity index (χ0) is 18.6. The zero-order valence-corrected chi connectivity index (χ0v) is 15.5. The van der Waals surface area contributed by atoms with Gasteiger partial charge in [-0.3, -0.25) is 4.79 Å². The summed E-state index contributed by atoms with van der Waals surface area (Å²) >= 11 is 0. The number of amides is 1. The van der Waals surface area contributed by atoms with Gasteiger partial charge in [-0.05, 0) is 43.9 Å². The second kappa shape index (κ2) is 7.74. The van der Waals surface area contributed by atoms with Gasteiger partial charge >= 0.3 is 0 Å². The topological polar surface area (TPSA) is 55.3 Å². The van der Waals surface area contributed by atoms with Crippen LogP contribution in [-0.2, 0) is 0 Å². The van der Waals surface area contributed by atoms with Crippen LogP contribution in [0.4, 0.5) is 0 Å². The number of carbonyl (C=O) groups is 1. The minimum absolute atomic E-state index is 0.0145. The van der Waals surface area contributed by atoms with Gasteiger partial charge in [-0.25, -0.2) is 9.97 Å². The molecule has 5 heteroatoms. The summed E-state index contributed by atoms with van der Waals surface area (Å²) in [7, 11) is 0. The molecule has 0 bridgehead atoms. The van der Waals surface area contributed by atoms with Crippen molar-refractivity contribution in [2.24, 2.45) is 5.92 Å². The van der Waals surface area contributed by atoms with Gasteiger partial charge in [-0.1, -0.05) is 30.3 Å². The highest BCUT2D eigenvalue weighted by Gasteiger charge is 2.25. The highest BCUT2D eigenvalue weighted by Crippen LogP contribution is 2.22. The van der Waals surface area contributed by atoms with E-state index in [-0.39, 0.29) is 5.91 Å². The van der Waals surface area contributed by atoms with Crippen LogP contribution in [0.25, 0.3) is 10.9 Å². The Kier molecular flexibility index (Phi) is 5.01. The molecule has 27 heavy (non-hydrogen) atoms. The van der Waals surface area contributed by atoms with Crippen LogP contribution in [0.3, 0.4) is 0 Å². The molecule has 0 N–H and O–H groups in total. The molecule has 5 nitrogen and oxygen atoms in total. The van der Waals surface area contributed by atoms with Gasteiger partial charge in [0.15, 0.2) is 0 Å². The van der Waals surface area contributed by atoms with E-state index in [1.165, 1.54) is 0 Å². The molecule has 1 aliphatic rings. The third kappa shape index (κ3) is 3.92. The highest BCUT2D eigenvalue weighted by atomic mass is 16.5. The number of para-hydroxylation sites is 1. The smallest absolute Gasteiger partial charge is 0.272 e. The predicted octanol–water partition coefficient (Wildman–Crippen LogP) is 3.87. The van der Waals surface area contributed by atoms with Gasteiger partial charge in [0, 0.05) is 30.2 Å². The summed E-state index contributed by atoms with van der Waals surface area (Å²) in [6, 6.07) is 15.6. The van der Waals surface area contributed by atoms with Gasteiger partial charge in [0.05, 0.1) is 12.1 Å². The van der Waals surface area contributed by atoms with E-state index in [0.29, 0.717) is 24.1 Å². The molecule has 0 unspecified atom stereocenters. The van der Waals surface area contributed by atoms with Gasteiger partial charge in [-0.2, -0.15) is 0 Å². The average Bonchev–Trinajstić information content (AvgIpc) is 2.73. The number of likely N-dealkylation sites (tertiary alicyclic amines) is 1. The molecule has 0 radical (unpaired) electrons. The number of aromatic nitrogens is 2. The Labute approximate surface area is 159 Å². The molecule has 1 amide bonds. The number of rotatable bonds is 4. The molecular weight excluding hydrogens is 338 g/mol. The summed E-state index contributed by atoms with van der Waals surface area (Å²) < 4.78 is 5.88. The van der Waals surface area contributed by atoms with Crippen molar-refractivity contribution in [1.82, 2.24) is 14.9 Å². The monoisotopic (exact) mass is 361 g/mol. The fourth-order valence-electron chi connectivity index (χ4n) is 3.47. The molecule has 2 aromatic heterocycles. The lowest BCUT2D eigenvalue weighted by atomic mass is 9.97. The van der Waals surface area contributed by atoms with Crippen LogP contribution in [0.1, 0.15) is 28.9 Å². The Morgan fingerprint density at radius 1 is 1.11 bits per heavy atom. The molecule has 1 aromatic carbocycles. The maximum Gasteiger partial charge on any atom is 0.272 e. The first-order valence-corrected chi connectivity index (χ1v) is 9.40. The number of aryl methyl sites for hydroxylation is 1. The lowest BCUT2D eigenvalue weighted by molar-refractivity contribution is 0.0654. The molecule has 3 aromatic rings. The quantitative estimate of drug-likeness (QED) is 0.708. The van der Waals surface area contributed by atoms with E-state index in [9.17, 15) is 4.79 Å². The van der Waals surface area contributed by atoms with Crippen molar-refractivity contribution in [2.75, 3.05) is 19.7 Å². The molecule has 4 rings (SSSR count). The molecule has 1 fully saturated rings. The molecule has 1 saturated heterocycles. The van der Waals surface area contributed by atoms with Crippen LogP contribution in [0.2, 0.25) is 0 Å². The van der Waals surface area contributed by atoms with E-state index in [4.69, 9.17) is 4.74 Å². The number of hydrogen-bond acceptors (Lipinski definition) is 4. The summed E-state index contributed by atoms with van der Waals surface area (Å²) in [6.45, 7) is 4.12. The normalized spacial score (nSPS) is 15.1. The molecule has 3 heterocycles. The Balaban J connectivity index is 1.34. The first kappa shape index (κ1) is 17.5. The van der Waals surface area contributed by atoms with Crippen molar-refractivity contribution in [3.05, 3.63) is 66.0 Å². The minimum Gasteiger partial charge on any atom is -0.477 e. The lowest BCUT2D eigenvalue weighted by Crippen LogP contribution is -2.40. The van der Waals surface area contributed by atoms with Crippen molar-refractivity contribution < 1.29 is 9.53 Å². The van der Waals surface area contributed by atoms with Gasteiger partial charge in [-0.15, -0.1) is 0 Å².